The van der Waals surface area contributed by atoms with Crippen LogP contribution < -0.4 is 4.90 Å². The summed E-state index contributed by atoms with van der Waals surface area (Å²) in [6.07, 6.45) is 0.281. The molecule has 0 aliphatic rings. The second-order valence-electron chi connectivity index (χ2n) is 4.26. The fourth-order valence-electron chi connectivity index (χ4n) is 1.64. The van der Waals surface area contributed by atoms with Crippen LogP contribution in [0.25, 0.3) is 0 Å². The number of carbonyl (C=O) groups excluding carboxylic acids is 1. The number of aliphatic carboxylic acids is 1. The third-order valence-electron chi connectivity index (χ3n) is 2.77. The highest BCUT2D eigenvalue weighted by atomic mass is 16.4. The number of carboxylic acids is 1. The summed E-state index contributed by atoms with van der Waals surface area (Å²) in [6, 6.07) is 8.60. The molecule has 0 saturated carbocycles. The number of hydrogen-bond donors (Lipinski definition) is 1. The fourth-order valence-corrected chi connectivity index (χ4v) is 1.64. The molecular weight excluding hydrogens is 244 g/mol. The Bertz CT molecular complexity index is 520. The predicted molar refractivity (Wildman–Crippen MR) is 70.6 cm³/mol. The van der Waals surface area contributed by atoms with Gasteiger partial charge in [-0.15, -0.1) is 0 Å². The zero-order valence-electron chi connectivity index (χ0n) is 11.0. The molecule has 1 unspecified atom stereocenters. The average molecular weight is 260 g/mol. The molecule has 5 heteroatoms. The topological polar surface area (TPSA) is 81.4 Å². The molecule has 0 fully saturated rings. The third kappa shape index (κ3) is 3.81. The smallest absolute Gasteiger partial charge is 0.308 e. The van der Waals surface area contributed by atoms with Crippen molar-refractivity contribution in [2.45, 2.75) is 20.3 Å². The van der Waals surface area contributed by atoms with Gasteiger partial charge in [0, 0.05) is 18.7 Å². The first kappa shape index (κ1) is 14.7. The standard InChI is InChI=1S/C14H16N2O3/c1-3-13(17)16(9-10(2)14(18)19)12-6-4-5-11(7-12)8-15/h4-7,10H,3,9H2,1-2H3,(H,18,19). The normalized spacial score (nSPS) is 11.4. The zero-order valence-corrected chi connectivity index (χ0v) is 11.0. The molecule has 1 rings (SSSR count). The van der Waals surface area contributed by atoms with Crippen molar-refractivity contribution >= 4 is 17.6 Å². The highest BCUT2D eigenvalue weighted by molar-refractivity contribution is 5.94. The Morgan fingerprint density at radius 1 is 1.47 bits per heavy atom. The van der Waals surface area contributed by atoms with E-state index < -0.39 is 11.9 Å². The van der Waals surface area contributed by atoms with Crippen molar-refractivity contribution in [1.82, 2.24) is 0 Å². The number of carbonyl (C=O) groups is 2. The van der Waals surface area contributed by atoms with Gasteiger partial charge in [0.2, 0.25) is 5.91 Å². The summed E-state index contributed by atoms with van der Waals surface area (Å²) in [4.78, 5) is 24.2. The molecule has 5 nitrogen and oxygen atoms in total. The first-order valence-corrected chi connectivity index (χ1v) is 6.03. The van der Waals surface area contributed by atoms with E-state index in [9.17, 15) is 9.59 Å². The van der Waals surface area contributed by atoms with Crippen LogP contribution >= 0.6 is 0 Å². The van der Waals surface area contributed by atoms with Crippen LogP contribution in [0.2, 0.25) is 0 Å². The molecule has 1 aromatic carbocycles. The lowest BCUT2D eigenvalue weighted by Crippen LogP contribution is -2.36. The predicted octanol–water partition coefficient (Wildman–Crippen LogP) is 2.02. The van der Waals surface area contributed by atoms with Crippen molar-refractivity contribution in [3.05, 3.63) is 29.8 Å². The monoisotopic (exact) mass is 260 g/mol. The van der Waals surface area contributed by atoms with Gasteiger partial charge in [-0.1, -0.05) is 19.9 Å². The second kappa shape index (κ2) is 6.55. The number of nitrogens with zero attached hydrogens (tertiary/aromatic N) is 2. The number of benzene rings is 1. The van der Waals surface area contributed by atoms with Gasteiger partial charge >= 0.3 is 5.97 Å². The molecular formula is C14H16N2O3. The van der Waals surface area contributed by atoms with Gasteiger partial charge in [-0.25, -0.2) is 0 Å². The summed E-state index contributed by atoms with van der Waals surface area (Å²) in [5.74, 6) is -1.78. The summed E-state index contributed by atoms with van der Waals surface area (Å²) in [5.41, 5.74) is 0.994. The van der Waals surface area contributed by atoms with E-state index in [2.05, 4.69) is 0 Å². The van der Waals surface area contributed by atoms with Crippen LogP contribution in [0.15, 0.2) is 24.3 Å². The quantitative estimate of drug-likeness (QED) is 0.878. The van der Waals surface area contributed by atoms with Gasteiger partial charge in [0.1, 0.15) is 0 Å². The Morgan fingerprint density at radius 3 is 2.68 bits per heavy atom. The van der Waals surface area contributed by atoms with Crippen molar-refractivity contribution in [3.8, 4) is 6.07 Å². The minimum atomic E-state index is -0.953. The molecule has 19 heavy (non-hydrogen) atoms. The highest BCUT2D eigenvalue weighted by Gasteiger charge is 2.21. The van der Waals surface area contributed by atoms with Crippen LogP contribution in [0, 0.1) is 17.2 Å². The Morgan fingerprint density at radius 2 is 2.16 bits per heavy atom. The maximum atomic E-state index is 11.9. The molecule has 1 N–H and O–H groups in total. The maximum absolute atomic E-state index is 11.9. The lowest BCUT2D eigenvalue weighted by molar-refractivity contribution is -0.140. The number of nitriles is 1. The Kier molecular flexibility index (Phi) is 5.07. The SMILES string of the molecule is CCC(=O)N(CC(C)C(=O)O)c1cccc(C#N)c1. The van der Waals surface area contributed by atoms with Crippen LogP contribution in [-0.4, -0.2) is 23.5 Å². The van der Waals surface area contributed by atoms with E-state index in [1.165, 1.54) is 4.90 Å². The van der Waals surface area contributed by atoms with E-state index in [0.717, 1.165) is 0 Å². The largest absolute Gasteiger partial charge is 0.481 e. The Labute approximate surface area is 112 Å². The number of carboxylic acid groups (broad SMARTS) is 1. The first-order valence-electron chi connectivity index (χ1n) is 6.03. The average Bonchev–Trinajstić information content (AvgIpc) is 2.43. The van der Waals surface area contributed by atoms with Crippen molar-refractivity contribution in [1.29, 1.82) is 5.26 Å². The molecule has 0 radical (unpaired) electrons. The second-order valence-corrected chi connectivity index (χ2v) is 4.26. The van der Waals surface area contributed by atoms with E-state index >= 15 is 0 Å². The van der Waals surface area contributed by atoms with E-state index in [0.29, 0.717) is 11.3 Å². The van der Waals surface area contributed by atoms with Gasteiger partial charge in [-0.2, -0.15) is 5.26 Å². The molecule has 0 heterocycles. The number of hydrogen-bond acceptors (Lipinski definition) is 3. The lowest BCUT2D eigenvalue weighted by atomic mass is 10.1. The summed E-state index contributed by atoms with van der Waals surface area (Å²) in [6.45, 7) is 3.36. The minimum absolute atomic E-state index is 0.0941. The number of anilines is 1. The van der Waals surface area contributed by atoms with Gasteiger partial charge in [0.15, 0.2) is 0 Å². The van der Waals surface area contributed by atoms with Gasteiger partial charge < -0.3 is 10.0 Å². The number of rotatable bonds is 5. The van der Waals surface area contributed by atoms with Gasteiger partial charge in [0.25, 0.3) is 0 Å². The molecule has 0 aliphatic heterocycles. The molecule has 100 valence electrons. The summed E-state index contributed by atoms with van der Waals surface area (Å²) >= 11 is 0. The van der Waals surface area contributed by atoms with E-state index in [-0.39, 0.29) is 18.9 Å². The van der Waals surface area contributed by atoms with Crippen molar-refractivity contribution < 1.29 is 14.7 Å². The Hall–Kier alpha value is -2.35. The van der Waals surface area contributed by atoms with E-state index in [1.54, 1.807) is 38.1 Å². The van der Waals surface area contributed by atoms with Crippen molar-refractivity contribution in [3.63, 3.8) is 0 Å². The first-order chi connectivity index (χ1) is 8.99. The van der Waals surface area contributed by atoms with Crippen LogP contribution in [-0.2, 0) is 9.59 Å². The molecule has 0 aliphatic carbocycles. The molecule has 0 spiro atoms. The molecule has 0 saturated heterocycles. The van der Waals surface area contributed by atoms with Gasteiger partial charge in [0.05, 0.1) is 17.6 Å². The van der Waals surface area contributed by atoms with Crippen molar-refractivity contribution in [2.24, 2.45) is 5.92 Å². The van der Waals surface area contributed by atoms with Crippen LogP contribution in [0.1, 0.15) is 25.8 Å². The molecule has 0 bridgehead atoms. The molecule has 1 amide bonds. The van der Waals surface area contributed by atoms with Crippen LogP contribution in [0.4, 0.5) is 5.69 Å². The Balaban J connectivity index is 3.06. The summed E-state index contributed by atoms with van der Waals surface area (Å²) in [5, 5.41) is 17.8. The van der Waals surface area contributed by atoms with Gasteiger partial charge in [-0.05, 0) is 18.2 Å². The molecule has 1 aromatic rings. The van der Waals surface area contributed by atoms with Crippen LogP contribution in [0.3, 0.4) is 0 Å². The van der Waals surface area contributed by atoms with Crippen molar-refractivity contribution in [2.75, 3.05) is 11.4 Å². The molecule has 0 aromatic heterocycles. The summed E-state index contributed by atoms with van der Waals surface area (Å²) < 4.78 is 0. The van der Waals surface area contributed by atoms with E-state index in [4.69, 9.17) is 10.4 Å². The third-order valence-corrected chi connectivity index (χ3v) is 2.77. The maximum Gasteiger partial charge on any atom is 0.308 e. The van der Waals surface area contributed by atoms with Gasteiger partial charge in [-0.3, -0.25) is 9.59 Å². The van der Waals surface area contributed by atoms with Crippen LogP contribution in [0.5, 0.6) is 0 Å². The number of amides is 1. The highest BCUT2D eigenvalue weighted by Crippen LogP contribution is 2.18. The van der Waals surface area contributed by atoms with E-state index in [1.807, 2.05) is 6.07 Å². The minimum Gasteiger partial charge on any atom is -0.481 e. The fraction of sp³-hybridized carbons (Fsp3) is 0.357. The lowest BCUT2D eigenvalue weighted by Gasteiger charge is -2.24. The molecule has 1 atom stereocenters. The summed E-state index contributed by atoms with van der Waals surface area (Å²) in [7, 11) is 0. The zero-order chi connectivity index (χ0) is 14.4.